The predicted octanol–water partition coefficient (Wildman–Crippen LogP) is 1.25. The average molecular weight is 128 g/mol. The molecule has 0 saturated carbocycles. The van der Waals surface area contributed by atoms with E-state index in [2.05, 4.69) is 10.2 Å². The molecule has 0 radical (unpaired) electrons. The Bertz CT molecular complexity index is 83.1. The van der Waals surface area contributed by atoms with E-state index in [1.807, 2.05) is 0 Å². The normalized spacial score (nSPS) is 22.2. The molecule has 9 heavy (non-hydrogen) atoms. The highest BCUT2D eigenvalue weighted by atomic mass is 16.5. The fourth-order valence-corrected chi connectivity index (χ4v) is 0.735. The van der Waals surface area contributed by atoms with Crippen LogP contribution in [0.15, 0.2) is 10.2 Å². The number of ether oxygens (including phenoxy) is 1. The molecule has 0 fully saturated rings. The highest BCUT2D eigenvalue weighted by Gasteiger charge is 1.91. The van der Waals surface area contributed by atoms with Gasteiger partial charge in [-0.25, -0.2) is 0 Å². The summed E-state index contributed by atoms with van der Waals surface area (Å²) < 4.78 is 5.20. The fourth-order valence-electron chi connectivity index (χ4n) is 0.735. The van der Waals surface area contributed by atoms with Gasteiger partial charge < -0.3 is 4.74 Å². The van der Waals surface area contributed by atoms with Crippen LogP contribution in [0.1, 0.15) is 12.8 Å². The quantitative estimate of drug-likeness (QED) is 0.483. The van der Waals surface area contributed by atoms with Crippen LogP contribution in [0.3, 0.4) is 0 Å². The van der Waals surface area contributed by atoms with E-state index in [0.29, 0.717) is 0 Å². The molecule has 0 unspecified atom stereocenters. The molecule has 0 aromatic carbocycles. The Morgan fingerprint density at radius 1 is 0.889 bits per heavy atom. The fraction of sp³-hybridized carbons (Fsp3) is 1.00. The molecular weight excluding hydrogens is 116 g/mol. The largest absolute Gasteiger partial charge is 0.379 e. The molecule has 1 rings (SSSR count). The zero-order chi connectivity index (χ0) is 6.36. The lowest BCUT2D eigenvalue weighted by Gasteiger charge is -1.96. The second-order valence-corrected chi connectivity index (χ2v) is 2.05. The van der Waals surface area contributed by atoms with Crippen molar-refractivity contribution in [1.82, 2.24) is 0 Å². The third kappa shape index (κ3) is 3.19. The molecule has 52 valence electrons. The SMILES string of the molecule is C1CCOCCN=NC1. The molecule has 0 N–H and O–H groups in total. The predicted molar refractivity (Wildman–Crippen MR) is 34.6 cm³/mol. The lowest BCUT2D eigenvalue weighted by atomic mass is 10.3. The van der Waals surface area contributed by atoms with Crippen LogP contribution in [-0.2, 0) is 4.74 Å². The molecule has 3 heteroatoms. The topological polar surface area (TPSA) is 34.0 Å². The molecule has 0 aliphatic carbocycles. The maximum Gasteiger partial charge on any atom is 0.0832 e. The van der Waals surface area contributed by atoms with Gasteiger partial charge in [-0.2, -0.15) is 10.2 Å². The minimum absolute atomic E-state index is 0.736. The first-order valence-electron chi connectivity index (χ1n) is 3.41. The number of hydrogen-bond donors (Lipinski definition) is 0. The molecule has 1 aliphatic heterocycles. The summed E-state index contributed by atoms with van der Waals surface area (Å²) in [6, 6.07) is 0. The monoisotopic (exact) mass is 128 g/mol. The van der Waals surface area contributed by atoms with E-state index < -0.39 is 0 Å². The lowest BCUT2D eigenvalue weighted by Crippen LogP contribution is -1.97. The highest BCUT2D eigenvalue weighted by Crippen LogP contribution is 1.94. The molecule has 0 spiro atoms. The van der Waals surface area contributed by atoms with Gasteiger partial charge in [0.05, 0.1) is 19.7 Å². The first-order valence-corrected chi connectivity index (χ1v) is 3.41. The van der Waals surface area contributed by atoms with Gasteiger partial charge in [-0.05, 0) is 12.8 Å². The van der Waals surface area contributed by atoms with E-state index in [0.717, 1.165) is 39.1 Å². The van der Waals surface area contributed by atoms with Gasteiger partial charge in [0.1, 0.15) is 0 Å². The van der Waals surface area contributed by atoms with Crippen LogP contribution in [0.25, 0.3) is 0 Å². The molecule has 0 bridgehead atoms. The lowest BCUT2D eigenvalue weighted by molar-refractivity contribution is 0.140. The Morgan fingerprint density at radius 2 is 1.78 bits per heavy atom. The maximum atomic E-state index is 5.20. The Balaban J connectivity index is 2.15. The minimum atomic E-state index is 0.736. The van der Waals surface area contributed by atoms with Gasteiger partial charge in [0.15, 0.2) is 0 Å². The van der Waals surface area contributed by atoms with Crippen molar-refractivity contribution in [3.63, 3.8) is 0 Å². The first kappa shape index (κ1) is 6.68. The zero-order valence-electron chi connectivity index (χ0n) is 5.55. The highest BCUT2D eigenvalue weighted by molar-refractivity contribution is 4.46. The van der Waals surface area contributed by atoms with E-state index in [-0.39, 0.29) is 0 Å². The zero-order valence-corrected chi connectivity index (χ0v) is 5.55. The summed E-state index contributed by atoms with van der Waals surface area (Å²) in [6.45, 7) is 3.23. The number of nitrogens with zero attached hydrogens (tertiary/aromatic N) is 2. The van der Waals surface area contributed by atoms with Crippen molar-refractivity contribution >= 4 is 0 Å². The Kier molecular flexibility index (Phi) is 3.29. The average Bonchev–Trinajstić information content (AvgIpc) is 2.00. The molecule has 0 amide bonds. The molecule has 0 atom stereocenters. The molecular formula is C6H12N2O. The van der Waals surface area contributed by atoms with Crippen LogP contribution >= 0.6 is 0 Å². The number of rotatable bonds is 0. The Labute approximate surface area is 55.1 Å². The van der Waals surface area contributed by atoms with Crippen molar-refractivity contribution in [2.45, 2.75) is 12.8 Å². The number of azo groups is 1. The van der Waals surface area contributed by atoms with E-state index in [9.17, 15) is 0 Å². The summed E-state index contributed by atoms with van der Waals surface area (Å²) >= 11 is 0. The summed E-state index contributed by atoms with van der Waals surface area (Å²) in [6.07, 6.45) is 2.24. The van der Waals surface area contributed by atoms with E-state index in [4.69, 9.17) is 4.74 Å². The van der Waals surface area contributed by atoms with Crippen molar-refractivity contribution in [1.29, 1.82) is 0 Å². The van der Waals surface area contributed by atoms with Gasteiger partial charge >= 0.3 is 0 Å². The van der Waals surface area contributed by atoms with E-state index in [1.54, 1.807) is 0 Å². The van der Waals surface area contributed by atoms with Crippen LogP contribution in [0, 0.1) is 0 Å². The molecule has 0 aromatic rings. The van der Waals surface area contributed by atoms with Crippen LogP contribution in [-0.4, -0.2) is 26.3 Å². The van der Waals surface area contributed by atoms with Gasteiger partial charge in [-0.15, -0.1) is 0 Å². The second-order valence-electron chi connectivity index (χ2n) is 2.05. The second kappa shape index (κ2) is 4.44. The standard InChI is InChI=1S/C6H12N2O/c1-2-5-9-6-4-8-7-3-1/h1-6H2. The molecule has 0 aromatic heterocycles. The Hall–Kier alpha value is -0.440. The van der Waals surface area contributed by atoms with Gasteiger partial charge in [0.2, 0.25) is 0 Å². The third-order valence-electron chi connectivity index (χ3n) is 1.23. The summed E-state index contributed by atoms with van der Waals surface area (Å²) in [5.74, 6) is 0. The first-order chi connectivity index (χ1) is 4.50. The third-order valence-corrected chi connectivity index (χ3v) is 1.23. The maximum absolute atomic E-state index is 5.20. The van der Waals surface area contributed by atoms with E-state index >= 15 is 0 Å². The van der Waals surface area contributed by atoms with Crippen LogP contribution < -0.4 is 0 Å². The Morgan fingerprint density at radius 3 is 2.78 bits per heavy atom. The van der Waals surface area contributed by atoms with Gasteiger partial charge in [-0.3, -0.25) is 0 Å². The van der Waals surface area contributed by atoms with Crippen molar-refractivity contribution in [3.05, 3.63) is 0 Å². The van der Waals surface area contributed by atoms with Crippen molar-refractivity contribution in [3.8, 4) is 0 Å². The molecule has 1 heterocycles. The smallest absolute Gasteiger partial charge is 0.0832 e. The van der Waals surface area contributed by atoms with Crippen molar-refractivity contribution in [2.24, 2.45) is 10.2 Å². The number of hydrogen-bond acceptors (Lipinski definition) is 3. The minimum Gasteiger partial charge on any atom is -0.379 e. The van der Waals surface area contributed by atoms with Crippen LogP contribution in [0.2, 0.25) is 0 Å². The summed E-state index contributed by atoms with van der Waals surface area (Å²) in [7, 11) is 0. The molecule has 1 aliphatic rings. The summed E-state index contributed by atoms with van der Waals surface area (Å²) in [5.41, 5.74) is 0. The van der Waals surface area contributed by atoms with Gasteiger partial charge in [0.25, 0.3) is 0 Å². The molecule has 0 saturated heterocycles. The van der Waals surface area contributed by atoms with Gasteiger partial charge in [0, 0.05) is 6.61 Å². The van der Waals surface area contributed by atoms with Gasteiger partial charge in [-0.1, -0.05) is 0 Å². The van der Waals surface area contributed by atoms with E-state index in [1.165, 1.54) is 0 Å². The van der Waals surface area contributed by atoms with Crippen LogP contribution in [0.5, 0.6) is 0 Å². The van der Waals surface area contributed by atoms with Crippen molar-refractivity contribution < 1.29 is 4.74 Å². The summed E-state index contributed by atoms with van der Waals surface area (Å²) in [5, 5.41) is 7.83. The van der Waals surface area contributed by atoms with Crippen LogP contribution in [0.4, 0.5) is 0 Å². The summed E-state index contributed by atoms with van der Waals surface area (Å²) in [4.78, 5) is 0. The molecule has 3 nitrogen and oxygen atoms in total. The van der Waals surface area contributed by atoms with Crippen molar-refractivity contribution in [2.75, 3.05) is 26.3 Å².